The van der Waals surface area contributed by atoms with Gasteiger partial charge in [-0.05, 0) is 42.2 Å². The van der Waals surface area contributed by atoms with Crippen molar-refractivity contribution in [2.24, 2.45) is 0 Å². The van der Waals surface area contributed by atoms with Crippen LogP contribution in [0.1, 0.15) is 33.8 Å². The molecule has 0 aliphatic rings. The van der Waals surface area contributed by atoms with Gasteiger partial charge in [0.2, 0.25) is 0 Å². The van der Waals surface area contributed by atoms with Crippen LogP contribution in [0.5, 0.6) is 11.5 Å². The number of hydrogen-bond donors (Lipinski definition) is 1. The first kappa shape index (κ1) is 17.7. The number of aryl methyl sites for hydroxylation is 1. The van der Waals surface area contributed by atoms with Crippen LogP contribution in [0.3, 0.4) is 0 Å². The van der Waals surface area contributed by atoms with Crippen molar-refractivity contribution in [2.45, 2.75) is 18.8 Å². The Hall–Kier alpha value is -3.07. The molecule has 26 heavy (non-hydrogen) atoms. The summed E-state index contributed by atoms with van der Waals surface area (Å²) in [6.45, 7) is 0. The van der Waals surface area contributed by atoms with E-state index >= 15 is 0 Å². The van der Waals surface area contributed by atoms with Gasteiger partial charge in [0.25, 0.3) is 0 Å². The van der Waals surface area contributed by atoms with E-state index in [1.165, 1.54) is 0 Å². The minimum absolute atomic E-state index is 0.0238. The first-order valence-electron chi connectivity index (χ1n) is 8.69. The quantitative estimate of drug-likeness (QED) is 0.612. The van der Waals surface area contributed by atoms with Crippen LogP contribution in [0.2, 0.25) is 0 Å². The van der Waals surface area contributed by atoms with Gasteiger partial charge >= 0.3 is 0 Å². The van der Waals surface area contributed by atoms with E-state index in [1.807, 2.05) is 54.6 Å². The predicted octanol–water partition coefficient (Wildman–Crippen LogP) is 5.00. The van der Waals surface area contributed by atoms with Gasteiger partial charge in [0.15, 0.2) is 5.78 Å². The van der Waals surface area contributed by atoms with Crippen LogP contribution >= 0.6 is 0 Å². The second-order valence-electron chi connectivity index (χ2n) is 6.20. The van der Waals surface area contributed by atoms with E-state index in [2.05, 4.69) is 0 Å². The number of hydrogen-bond acceptors (Lipinski definition) is 3. The highest BCUT2D eigenvalue weighted by Crippen LogP contribution is 2.31. The topological polar surface area (TPSA) is 46.5 Å². The number of benzene rings is 3. The van der Waals surface area contributed by atoms with Gasteiger partial charge in [0.05, 0.1) is 12.7 Å². The molecule has 0 radical (unpaired) electrons. The van der Waals surface area contributed by atoms with E-state index in [0.717, 1.165) is 16.9 Å². The van der Waals surface area contributed by atoms with Crippen molar-refractivity contribution in [3.63, 3.8) is 0 Å². The number of phenolic OH excluding ortho intramolecular Hbond substituents is 1. The minimum atomic E-state index is -0.325. The van der Waals surface area contributed by atoms with Crippen LogP contribution in [-0.2, 0) is 6.42 Å². The lowest BCUT2D eigenvalue weighted by Crippen LogP contribution is -2.14. The van der Waals surface area contributed by atoms with E-state index in [4.69, 9.17) is 4.74 Å². The van der Waals surface area contributed by atoms with Gasteiger partial charge in [-0.3, -0.25) is 4.79 Å². The molecule has 3 aromatic carbocycles. The number of ketones is 1. The molecule has 3 aromatic rings. The summed E-state index contributed by atoms with van der Waals surface area (Å²) in [6.07, 6.45) is 1.35. The Morgan fingerprint density at radius 1 is 0.923 bits per heavy atom. The van der Waals surface area contributed by atoms with Crippen molar-refractivity contribution < 1.29 is 14.6 Å². The van der Waals surface area contributed by atoms with Crippen molar-refractivity contribution >= 4 is 5.78 Å². The second-order valence-corrected chi connectivity index (χ2v) is 6.20. The molecule has 1 N–H and O–H groups in total. The van der Waals surface area contributed by atoms with Crippen molar-refractivity contribution in [3.8, 4) is 11.5 Å². The highest BCUT2D eigenvalue weighted by Gasteiger charge is 2.24. The number of para-hydroxylation sites is 2. The molecule has 0 amide bonds. The average molecular weight is 346 g/mol. The molecule has 0 bridgehead atoms. The predicted molar refractivity (Wildman–Crippen MR) is 103 cm³/mol. The summed E-state index contributed by atoms with van der Waals surface area (Å²) >= 11 is 0. The number of ether oxygens (including phenoxy) is 1. The van der Waals surface area contributed by atoms with Crippen molar-refractivity contribution in [2.75, 3.05) is 7.11 Å². The summed E-state index contributed by atoms with van der Waals surface area (Å²) in [4.78, 5) is 13.2. The number of carbonyl (C=O) groups is 1. The van der Waals surface area contributed by atoms with Crippen LogP contribution in [0.4, 0.5) is 0 Å². The highest BCUT2D eigenvalue weighted by atomic mass is 16.5. The molecule has 0 aliphatic carbocycles. The average Bonchev–Trinajstić information content (AvgIpc) is 2.69. The number of carbonyl (C=O) groups excluding carboxylic acids is 1. The number of rotatable bonds is 7. The molecule has 0 saturated carbocycles. The van der Waals surface area contributed by atoms with Gasteiger partial charge in [0, 0.05) is 5.92 Å². The zero-order valence-corrected chi connectivity index (χ0v) is 14.8. The fourth-order valence-electron chi connectivity index (χ4n) is 3.21. The molecule has 3 rings (SSSR count). The largest absolute Gasteiger partial charge is 0.507 e. The maximum Gasteiger partial charge on any atom is 0.174 e. The zero-order chi connectivity index (χ0) is 18.4. The molecular formula is C23H22O3. The fraction of sp³-hybridized carbons (Fsp3) is 0.174. The maximum atomic E-state index is 13.2. The molecule has 0 fully saturated rings. The molecule has 0 heterocycles. The van der Waals surface area contributed by atoms with Gasteiger partial charge in [-0.25, -0.2) is 0 Å². The van der Waals surface area contributed by atoms with Crippen molar-refractivity contribution in [1.82, 2.24) is 0 Å². The van der Waals surface area contributed by atoms with E-state index in [9.17, 15) is 9.90 Å². The smallest absolute Gasteiger partial charge is 0.174 e. The zero-order valence-electron chi connectivity index (χ0n) is 14.8. The van der Waals surface area contributed by atoms with Gasteiger partial charge in [-0.2, -0.15) is 0 Å². The van der Waals surface area contributed by atoms with E-state index in [1.54, 1.807) is 31.4 Å². The third kappa shape index (κ3) is 3.94. The van der Waals surface area contributed by atoms with Crippen LogP contribution in [0.25, 0.3) is 0 Å². The fourth-order valence-corrected chi connectivity index (χ4v) is 3.21. The summed E-state index contributed by atoms with van der Waals surface area (Å²) < 4.78 is 5.42. The number of methoxy groups -OCH3 is 1. The summed E-state index contributed by atoms with van der Waals surface area (Å²) in [6, 6.07) is 24.3. The van der Waals surface area contributed by atoms with Crippen LogP contribution < -0.4 is 4.74 Å². The summed E-state index contributed by atoms with van der Waals surface area (Å²) in [5, 5.41) is 10.1. The first-order chi connectivity index (χ1) is 12.7. The monoisotopic (exact) mass is 346 g/mol. The lowest BCUT2D eigenvalue weighted by atomic mass is 9.85. The molecule has 0 spiro atoms. The van der Waals surface area contributed by atoms with Crippen LogP contribution in [0, 0.1) is 0 Å². The Bertz CT molecular complexity index is 871. The van der Waals surface area contributed by atoms with Crippen molar-refractivity contribution in [3.05, 3.63) is 95.6 Å². The molecule has 0 aromatic heterocycles. The third-order valence-corrected chi connectivity index (χ3v) is 4.58. The van der Waals surface area contributed by atoms with Crippen molar-refractivity contribution in [1.29, 1.82) is 0 Å². The lowest BCUT2D eigenvalue weighted by Gasteiger charge is -2.18. The molecule has 0 saturated heterocycles. The van der Waals surface area contributed by atoms with Gasteiger partial charge in [0.1, 0.15) is 11.5 Å². The molecule has 0 aliphatic heterocycles. The highest BCUT2D eigenvalue weighted by molar-refractivity contribution is 6.03. The Morgan fingerprint density at radius 3 is 2.31 bits per heavy atom. The summed E-state index contributed by atoms with van der Waals surface area (Å²) in [5.41, 5.74) is 2.39. The first-order valence-corrected chi connectivity index (χ1v) is 8.69. The summed E-state index contributed by atoms with van der Waals surface area (Å²) in [5.74, 6) is 0.462. The molecule has 3 nitrogen and oxygen atoms in total. The number of phenols is 1. The van der Waals surface area contributed by atoms with Crippen LogP contribution in [0.15, 0.2) is 78.9 Å². The normalized spacial score (nSPS) is 11.7. The van der Waals surface area contributed by atoms with Crippen LogP contribution in [-0.4, -0.2) is 18.0 Å². The molecule has 132 valence electrons. The molecule has 3 heteroatoms. The summed E-state index contributed by atoms with van der Waals surface area (Å²) in [7, 11) is 1.65. The third-order valence-electron chi connectivity index (χ3n) is 4.58. The Labute approximate surface area is 153 Å². The lowest BCUT2D eigenvalue weighted by molar-refractivity contribution is 0.0952. The number of Topliss-reactive ketones (excluding diaryl/α,β-unsaturated/α-hetero) is 1. The van der Waals surface area contributed by atoms with E-state index in [-0.39, 0.29) is 17.5 Å². The van der Waals surface area contributed by atoms with Gasteiger partial charge < -0.3 is 9.84 Å². The van der Waals surface area contributed by atoms with E-state index in [0.29, 0.717) is 18.4 Å². The maximum absolute atomic E-state index is 13.2. The molecule has 1 atom stereocenters. The standard InChI is InChI=1S/C23H22O3/c1-26-22-14-8-5-11-18(22)15-16-19(17-9-3-2-4-10-17)23(25)20-12-6-7-13-21(20)24/h2-14,19,24H,15-16H2,1H3. The molecule has 1 unspecified atom stereocenters. The Morgan fingerprint density at radius 2 is 1.58 bits per heavy atom. The minimum Gasteiger partial charge on any atom is -0.507 e. The second kappa shape index (κ2) is 8.34. The van der Waals surface area contributed by atoms with Gasteiger partial charge in [-0.15, -0.1) is 0 Å². The Balaban J connectivity index is 1.89. The number of aromatic hydroxyl groups is 1. The molecular weight excluding hydrogens is 324 g/mol. The SMILES string of the molecule is COc1ccccc1CCC(C(=O)c1ccccc1O)c1ccccc1. The Kier molecular flexibility index (Phi) is 5.69. The van der Waals surface area contributed by atoms with E-state index < -0.39 is 0 Å². The van der Waals surface area contributed by atoms with Gasteiger partial charge in [-0.1, -0.05) is 60.7 Å².